The largest absolute Gasteiger partial charge is 0.383 e. The molecule has 0 spiro atoms. The molecule has 0 saturated carbocycles. The van der Waals surface area contributed by atoms with Crippen LogP contribution in [0.3, 0.4) is 0 Å². The minimum Gasteiger partial charge on any atom is -0.383 e. The zero-order valence-electron chi connectivity index (χ0n) is 16.2. The number of halogens is 1. The molecule has 7 heteroatoms. The van der Waals surface area contributed by atoms with Gasteiger partial charge in [0.2, 0.25) is 5.91 Å². The van der Waals surface area contributed by atoms with Crippen LogP contribution in [0.25, 0.3) is 0 Å². The summed E-state index contributed by atoms with van der Waals surface area (Å²) in [5, 5.41) is 0.288. The van der Waals surface area contributed by atoms with Crippen molar-refractivity contribution in [2.75, 3.05) is 31.9 Å². The van der Waals surface area contributed by atoms with Crippen molar-refractivity contribution in [2.45, 2.75) is 32.6 Å². The highest BCUT2D eigenvalue weighted by molar-refractivity contribution is 6.29. The average molecular weight is 403 g/mol. The lowest BCUT2D eigenvalue weighted by Gasteiger charge is -2.30. The fourth-order valence-electron chi connectivity index (χ4n) is 4.87. The predicted octanol–water partition coefficient (Wildman–Crippen LogP) is 2.98. The summed E-state index contributed by atoms with van der Waals surface area (Å²) in [6, 6.07) is 3.25. The van der Waals surface area contributed by atoms with Crippen LogP contribution in [0.15, 0.2) is 24.3 Å². The maximum Gasteiger partial charge on any atom is 0.257 e. The van der Waals surface area contributed by atoms with Gasteiger partial charge in [-0.05, 0) is 56.6 Å². The molecule has 3 atom stereocenters. The summed E-state index contributed by atoms with van der Waals surface area (Å²) < 4.78 is 0. The quantitative estimate of drug-likeness (QED) is 0.609. The Kier molecular flexibility index (Phi) is 5.08. The average Bonchev–Trinajstić information content (AvgIpc) is 3.23. The van der Waals surface area contributed by atoms with E-state index in [4.69, 9.17) is 17.3 Å². The molecule has 2 N–H and O–H groups in total. The molecule has 2 amide bonds. The van der Waals surface area contributed by atoms with Crippen molar-refractivity contribution >= 4 is 29.2 Å². The molecule has 3 aliphatic rings. The fraction of sp³-hybridized carbons (Fsp3) is 0.571. The van der Waals surface area contributed by atoms with E-state index in [1.165, 1.54) is 0 Å². The molecular formula is C21H27ClN4O2. The third-order valence-electron chi connectivity index (χ3n) is 6.62. The van der Waals surface area contributed by atoms with Crippen molar-refractivity contribution in [3.63, 3.8) is 0 Å². The van der Waals surface area contributed by atoms with Crippen molar-refractivity contribution in [3.8, 4) is 0 Å². The first-order valence-corrected chi connectivity index (χ1v) is 10.4. The molecule has 0 radical (unpaired) electrons. The molecule has 0 aromatic carbocycles. The molecule has 2 saturated heterocycles. The number of amides is 2. The number of allylic oxidation sites excluding steroid dienone is 1. The van der Waals surface area contributed by atoms with Gasteiger partial charge in [0, 0.05) is 26.2 Å². The molecule has 2 aliphatic heterocycles. The number of hydrogen-bond donors (Lipinski definition) is 1. The van der Waals surface area contributed by atoms with Crippen LogP contribution in [0.1, 0.15) is 43.0 Å². The van der Waals surface area contributed by atoms with Crippen LogP contribution in [0.4, 0.5) is 5.82 Å². The van der Waals surface area contributed by atoms with Gasteiger partial charge >= 0.3 is 0 Å². The molecule has 150 valence electrons. The second kappa shape index (κ2) is 7.39. The Hall–Kier alpha value is -2.08. The van der Waals surface area contributed by atoms with E-state index in [1.54, 1.807) is 12.1 Å². The fourth-order valence-corrected chi connectivity index (χ4v) is 5.02. The predicted molar refractivity (Wildman–Crippen MR) is 109 cm³/mol. The van der Waals surface area contributed by atoms with Crippen LogP contribution >= 0.6 is 11.6 Å². The monoisotopic (exact) mass is 402 g/mol. The Labute approximate surface area is 170 Å². The van der Waals surface area contributed by atoms with Crippen molar-refractivity contribution in [1.82, 2.24) is 14.8 Å². The number of carbonyl (C=O) groups excluding carboxylic acids is 2. The lowest BCUT2D eigenvalue weighted by atomic mass is 9.88. The number of pyridine rings is 1. The Bertz CT molecular complexity index is 811. The van der Waals surface area contributed by atoms with E-state index >= 15 is 0 Å². The normalized spacial score (nSPS) is 29.6. The van der Waals surface area contributed by atoms with Crippen molar-refractivity contribution in [2.24, 2.45) is 17.3 Å². The summed E-state index contributed by atoms with van der Waals surface area (Å²) in [7, 11) is 0. The van der Waals surface area contributed by atoms with E-state index in [0.29, 0.717) is 30.5 Å². The van der Waals surface area contributed by atoms with Crippen LogP contribution in [-0.4, -0.2) is 52.8 Å². The molecule has 1 aliphatic carbocycles. The van der Waals surface area contributed by atoms with Gasteiger partial charge in [0.25, 0.3) is 5.91 Å². The Morgan fingerprint density at radius 2 is 1.86 bits per heavy atom. The highest BCUT2D eigenvalue weighted by atomic mass is 35.5. The Balaban J connectivity index is 1.40. The number of nitrogens with zero attached hydrogens (tertiary/aromatic N) is 3. The highest BCUT2D eigenvalue weighted by Crippen LogP contribution is 2.37. The summed E-state index contributed by atoms with van der Waals surface area (Å²) in [5.41, 5.74) is 5.98. The van der Waals surface area contributed by atoms with Crippen molar-refractivity contribution in [3.05, 3.63) is 35.0 Å². The number of nitrogens with two attached hydrogens (primary N) is 1. The number of likely N-dealkylation sites (tertiary alicyclic amines) is 2. The standard InChI is InChI=1S/C21H27ClN4O2/c1-21(8-2-3-9-21)20(28)25-10-6-14-12-26(13-15(14)7-11-25)19(27)16-4-5-17(22)24-18(16)23/h2,4-5,8,14-15H,3,6-7,9-13H2,1H3,(H2,23,24)/t14-,15+,21?. The molecule has 1 unspecified atom stereocenters. The summed E-state index contributed by atoms with van der Waals surface area (Å²) in [4.78, 5) is 33.8. The zero-order chi connectivity index (χ0) is 19.9. The number of carbonyl (C=O) groups is 2. The number of nitrogen functional groups attached to an aromatic ring is 1. The van der Waals surface area contributed by atoms with Crippen LogP contribution < -0.4 is 5.73 Å². The minimum atomic E-state index is -0.333. The van der Waals surface area contributed by atoms with Crippen LogP contribution in [-0.2, 0) is 4.79 Å². The van der Waals surface area contributed by atoms with Crippen molar-refractivity contribution < 1.29 is 9.59 Å². The van der Waals surface area contributed by atoms with Gasteiger partial charge in [-0.1, -0.05) is 23.8 Å². The van der Waals surface area contributed by atoms with Gasteiger partial charge in [0.15, 0.2) is 0 Å². The van der Waals surface area contributed by atoms with Gasteiger partial charge in [-0.3, -0.25) is 9.59 Å². The zero-order valence-corrected chi connectivity index (χ0v) is 17.0. The number of fused-ring (bicyclic) bond motifs is 1. The molecule has 1 aromatic heterocycles. The van der Waals surface area contributed by atoms with E-state index < -0.39 is 0 Å². The summed E-state index contributed by atoms with van der Waals surface area (Å²) in [5.74, 6) is 1.21. The van der Waals surface area contributed by atoms with Gasteiger partial charge < -0.3 is 15.5 Å². The third-order valence-corrected chi connectivity index (χ3v) is 6.83. The number of aromatic nitrogens is 1. The molecule has 28 heavy (non-hydrogen) atoms. The topological polar surface area (TPSA) is 79.5 Å². The Morgan fingerprint density at radius 3 is 2.43 bits per heavy atom. The number of anilines is 1. The van der Waals surface area contributed by atoms with Gasteiger partial charge in [0.05, 0.1) is 11.0 Å². The van der Waals surface area contributed by atoms with Crippen LogP contribution in [0.5, 0.6) is 0 Å². The van der Waals surface area contributed by atoms with Gasteiger partial charge in [-0.25, -0.2) is 4.98 Å². The van der Waals surface area contributed by atoms with Gasteiger partial charge in [-0.2, -0.15) is 0 Å². The number of hydrogen-bond acceptors (Lipinski definition) is 4. The van der Waals surface area contributed by atoms with Crippen molar-refractivity contribution in [1.29, 1.82) is 0 Å². The van der Waals surface area contributed by atoms with E-state index in [-0.39, 0.29) is 28.2 Å². The summed E-state index contributed by atoms with van der Waals surface area (Å²) in [6.07, 6.45) is 7.97. The molecule has 6 nitrogen and oxygen atoms in total. The summed E-state index contributed by atoms with van der Waals surface area (Å²) in [6.45, 7) is 5.03. The molecule has 4 rings (SSSR count). The second-order valence-corrected chi connectivity index (χ2v) is 8.91. The Morgan fingerprint density at radius 1 is 1.18 bits per heavy atom. The summed E-state index contributed by atoms with van der Waals surface area (Å²) >= 11 is 5.84. The first-order valence-electron chi connectivity index (χ1n) is 10.1. The van der Waals surface area contributed by atoms with Gasteiger partial charge in [-0.15, -0.1) is 0 Å². The SMILES string of the molecule is CC1(C(=O)N2CC[C@@H]3CN(C(=O)c4ccc(Cl)nc4N)C[C@@H]3CC2)C=CCC1. The smallest absolute Gasteiger partial charge is 0.257 e. The van der Waals surface area contributed by atoms with E-state index in [9.17, 15) is 9.59 Å². The maximum absolute atomic E-state index is 13.0. The van der Waals surface area contributed by atoms with Gasteiger partial charge in [0.1, 0.15) is 11.0 Å². The first kappa shape index (κ1) is 19.2. The van der Waals surface area contributed by atoms with E-state index in [2.05, 4.69) is 24.1 Å². The number of rotatable bonds is 2. The molecule has 0 bridgehead atoms. The molecule has 1 aromatic rings. The highest BCUT2D eigenvalue weighted by Gasteiger charge is 2.41. The lowest BCUT2D eigenvalue weighted by Crippen LogP contribution is -2.41. The molecule has 2 fully saturated rings. The first-order chi connectivity index (χ1) is 13.4. The third kappa shape index (κ3) is 3.50. The van der Waals surface area contributed by atoms with Crippen LogP contribution in [0, 0.1) is 17.3 Å². The van der Waals surface area contributed by atoms with E-state index in [0.717, 1.165) is 38.8 Å². The van der Waals surface area contributed by atoms with E-state index in [1.807, 2.05) is 9.80 Å². The minimum absolute atomic E-state index is 0.0775. The maximum atomic E-state index is 13.0. The lowest BCUT2D eigenvalue weighted by molar-refractivity contribution is -0.138. The molecule has 3 heterocycles. The molecular weight excluding hydrogens is 376 g/mol. The van der Waals surface area contributed by atoms with Crippen LogP contribution in [0.2, 0.25) is 5.15 Å². The second-order valence-electron chi connectivity index (χ2n) is 8.53.